The molecule has 40 heavy (non-hydrogen) atoms. The molecule has 5 atom stereocenters. The highest BCUT2D eigenvalue weighted by molar-refractivity contribution is 7.45. The Balaban J connectivity index is 1.43. The van der Waals surface area contributed by atoms with Crippen LogP contribution in [0.15, 0.2) is 70.4 Å². The quantitative estimate of drug-likeness (QED) is 0.236. The molecule has 214 valence electrons. The molecule has 1 aromatic heterocycles. The van der Waals surface area contributed by atoms with Gasteiger partial charge in [0.05, 0.1) is 18.8 Å². The van der Waals surface area contributed by atoms with Crippen LogP contribution in [0.3, 0.4) is 0 Å². The smallest absolute Gasteiger partial charge is 0.330 e. The Bertz CT molecular complexity index is 1390. The largest absolute Gasteiger partial charge is 0.462 e. The second-order valence-corrected chi connectivity index (χ2v) is 11.5. The van der Waals surface area contributed by atoms with Gasteiger partial charge in [-0.1, -0.05) is 42.8 Å². The Kier molecular flexibility index (Phi) is 10.2. The van der Waals surface area contributed by atoms with Crippen LogP contribution in [-0.2, 0) is 18.8 Å². The molecule has 1 fully saturated rings. The van der Waals surface area contributed by atoms with E-state index in [0.717, 1.165) is 11.1 Å². The maximum absolute atomic E-state index is 12.4. The lowest BCUT2D eigenvalue weighted by Crippen LogP contribution is -2.35. The minimum absolute atomic E-state index is 0.00216. The highest BCUT2D eigenvalue weighted by Gasteiger charge is 2.35. The van der Waals surface area contributed by atoms with Crippen LogP contribution < -0.4 is 20.9 Å². The van der Waals surface area contributed by atoms with Gasteiger partial charge in [0.15, 0.2) is 0 Å². The Morgan fingerprint density at radius 3 is 2.38 bits per heavy atom. The second kappa shape index (κ2) is 13.6. The first-order valence-corrected chi connectivity index (χ1v) is 14.5. The van der Waals surface area contributed by atoms with Crippen molar-refractivity contribution in [1.29, 1.82) is 0 Å². The van der Waals surface area contributed by atoms with Gasteiger partial charge in [-0.2, -0.15) is 0 Å². The average molecular weight is 590 g/mol. The third-order valence-corrected chi connectivity index (χ3v) is 7.79. The van der Waals surface area contributed by atoms with Crippen molar-refractivity contribution in [3.8, 4) is 16.9 Å². The molecule has 12 heteroatoms. The van der Waals surface area contributed by atoms with E-state index < -0.39 is 38.0 Å². The zero-order valence-electron chi connectivity index (χ0n) is 22.7. The summed E-state index contributed by atoms with van der Waals surface area (Å²) in [6.07, 6.45) is 0.920. The SMILES string of the molecule is CC(C)OC(=O)[C@H](C)NP(OCC1CC(C)C(n2ccc(=O)[nH]c2=O)O1)Oc1ccc(-c2ccc(Cl)cc2)cc1. The van der Waals surface area contributed by atoms with E-state index in [0.29, 0.717) is 17.2 Å². The van der Waals surface area contributed by atoms with Gasteiger partial charge < -0.3 is 18.5 Å². The number of hydrogen-bond acceptors (Lipinski definition) is 8. The summed E-state index contributed by atoms with van der Waals surface area (Å²) in [6, 6.07) is 15.7. The van der Waals surface area contributed by atoms with Gasteiger partial charge in [-0.3, -0.25) is 19.1 Å². The van der Waals surface area contributed by atoms with Crippen molar-refractivity contribution in [1.82, 2.24) is 14.6 Å². The third kappa shape index (κ3) is 8.02. The van der Waals surface area contributed by atoms with Gasteiger partial charge in [0, 0.05) is 23.2 Å². The number of ether oxygens (including phenoxy) is 2. The Morgan fingerprint density at radius 1 is 1.10 bits per heavy atom. The van der Waals surface area contributed by atoms with Crippen molar-refractivity contribution in [2.24, 2.45) is 5.92 Å². The maximum Gasteiger partial charge on any atom is 0.330 e. The van der Waals surface area contributed by atoms with Crippen LogP contribution in [0.5, 0.6) is 5.75 Å². The highest BCUT2D eigenvalue weighted by atomic mass is 35.5. The Hall–Kier alpha value is -3.01. The van der Waals surface area contributed by atoms with Crippen molar-refractivity contribution in [2.75, 3.05) is 6.61 Å². The number of rotatable bonds is 11. The fourth-order valence-corrected chi connectivity index (χ4v) is 5.57. The summed E-state index contributed by atoms with van der Waals surface area (Å²) in [6.45, 7) is 7.37. The molecule has 3 aromatic rings. The highest BCUT2D eigenvalue weighted by Crippen LogP contribution is 2.40. The van der Waals surface area contributed by atoms with Crippen LogP contribution in [-0.4, -0.2) is 40.4 Å². The van der Waals surface area contributed by atoms with E-state index in [2.05, 4.69) is 10.1 Å². The lowest BCUT2D eigenvalue weighted by Gasteiger charge is -2.24. The van der Waals surface area contributed by atoms with Gasteiger partial charge in [-0.25, -0.2) is 9.88 Å². The number of carbonyl (C=O) groups excluding carboxylic acids is 1. The van der Waals surface area contributed by atoms with Gasteiger partial charge in [-0.05, 0) is 62.6 Å². The number of carbonyl (C=O) groups is 1. The van der Waals surface area contributed by atoms with E-state index >= 15 is 0 Å². The summed E-state index contributed by atoms with van der Waals surface area (Å²) in [4.78, 5) is 38.4. The van der Waals surface area contributed by atoms with Gasteiger partial charge in [0.1, 0.15) is 18.0 Å². The van der Waals surface area contributed by atoms with E-state index in [9.17, 15) is 14.4 Å². The van der Waals surface area contributed by atoms with Crippen molar-refractivity contribution < 1.29 is 23.3 Å². The van der Waals surface area contributed by atoms with Crippen LogP contribution in [0.1, 0.15) is 40.3 Å². The number of hydrogen-bond donors (Lipinski definition) is 2. The summed E-state index contributed by atoms with van der Waals surface area (Å²) in [5.41, 5.74) is 1.01. The first kappa shape index (κ1) is 30.0. The van der Waals surface area contributed by atoms with E-state index in [-0.39, 0.29) is 24.7 Å². The molecular weight excluding hydrogens is 557 g/mol. The average Bonchev–Trinajstić information content (AvgIpc) is 3.27. The van der Waals surface area contributed by atoms with Gasteiger partial charge >= 0.3 is 20.2 Å². The van der Waals surface area contributed by atoms with Crippen LogP contribution in [0.4, 0.5) is 0 Å². The van der Waals surface area contributed by atoms with Crippen molar-refractivity contribution >= 4 is 26.1 Å². The standard InChI is InChI=1S/C28H33ClN3O7P/c1-17(2)37-27(34)19(4)31-40(39-23-11-7-21(8-12-23)20-5-9-22(29)10-6-20)36-16-24-15-18(3)26(38-24)32-14-13-25(33)30-28(32)35/h5-14,17-19,24,26,31H,15-16H2,1-4H3,(H,30,33,35)/t18?,19-,24?,26?,40?/m0/s1. The number of nitrogens with zero attached hydrogens (tertiary/aromatic N) is 1. The number of aromatic nitrogens is 2. The predicted octanol–water partition coefficient (Wildman–Crippen LogP) is 5.03. The molecule has 0 amide bonds. The van der Waals surface area contributed by atoms with Crippen LogP contribution in [0.25, 0.3) is 11.1 Å². The number of aromatic amines is 1. The first-order chi connectivity index (χ1) is 19.1. The van der Waals surface area contributed by atoms with Gasteiger partial charge in [0.25, 0.3) is 5.56 Å². The molecule has 2 aromatic carbocycles. The van der Waals surface area contributed by atoms with Crippen LogP contribution in [0, 0.1) is 5.92 Å². The van der Waals surface area contributed by atoms with Gasteiger partial charge in [0.2, 0.25) is 0 Å². The molecule has 1 aliphatic rings. The minimum atomic E-state index is -1.78. The number of esters is 1. The fraction of sp³-hybridized carbons (Fsp3) is 0.393. The molecule has 4 rings (SSSR count). The molecule has 1 aliphatic heterocycles. The molecule has 1 saturated heterocycles. The zero-order valence-corrected chi connectivity index (χ0v) is 24.4. The Morgan fingerprint density at radius 2 is 1.75 bits per heavy atom. The summed E-state index contributed by atoms with van der Waals surface area (Å²) in [5.74, 6) is 0.132. The summed E-state index contributed by atoms with van der Waals surface area (Å²) >= 11 is 6.00. The molecule has 0 aliphatic carbocycles. The molecule has 0 bridgehead atoms. The maximum atomic E-state index is 12.4. The summed E-state index contributed by atoms with van der Waals surface area (Å²) < 4.78 is 25.0. The topological polar surface area (TPSA) is 121 Å². The summed E-state index contributed by atoms with van der Waals surface area (Å²) in [5, 5.41) is 3.76. The van der Waals surface area contributed by atoms with E-state index in [4.69, 9.17) is 30.1 Å². The monoisotopic (exact) mass is 589 g/mol. The molecule has 10 nitrogen and oxygen atoms in total. The van der Waals surface area contributed by atoms with Crippen LogP contribution >= 0.6 is 20.1 Å². The Labute approximate surface area is 238 Å². The van der Waals surface area contributed by atoms with Crippen molar-refractivity contribution in [3.63, 3.8) is 0 Å². The van der Waals surface area contributed by atoms with E-state index in [1.165, 1.54) is 16.8 Å². The first-order valence-electron chi connectivity index (χ1n) is 13.0. The normalized spacial score (nSPS) is 20.3. The van der Waals surface area contributed by atoms with Gasteiger partial charge in [-0.15, -0.1) is 0 Å². The molecule has 2 N–H and O–H groups in total. The predicted molar refractivity (Wildman–Crippen MR) is 153 cm³/mol. The number of halogens is 1. The number of H-pyrrole nitrogens is 1. The lowest BCUT2D eigenvalue weighted by molar-refractivity contribution is -0.149. The van der Waals surface area contributed by atoms with Crippen LogP contribution in [0.2, 0.25) is 5.02 Å². The lowest BCUT2D eigenvalue weighted by atomic mass is 10.1. The minimum Gasteiger partial charge on any atom is -0.462 e. The van der Waals surface area contributed by atoms with E-state index in [1.807, 2.05) is 55.5 Å². The molecule has 0 radical (unpaired) electrons. The molecule has 0 saturated carbocycles. The zero-order chi connectivity index (χ0) is 28.8. The molecule has 2 heterocycles. The van der Waals surface area contributed by atoms with Crippen molar-refractivity contribution in [2.45, 2.75) is 58.6 Å². The molecule has 0 spiro atoms. The fourth-order valence-electron chi connectivity index (χ4n) is 4.23. The second-order valence-electron chi connectivity index (χ2n) is 9.89. The molecular formula is C28H33ClN3O7P. The van der Waals surface area contributed by atoms with E-state index in [1.54, 1.807) is 20.8 Å². The third-order valence-electron chi connectivity index (χ3n) is 6.18. The number of benzene rings is 2. The summed E-state index contributed by atoms with van der Waals surface area (Å²) in [7, 11) is -1.78. The molecule has 4 unspecified atom stereocenters. The van der Waals surface area contributed by atoms with Crippen molar-refractivity contribution in [3.05, 3.63) is 86.7 Å². The number of nitrogens with one attached hydrogen (secondary N) is 2.